The standard InChI is InChI=1S/C20H21N5O/c26-20(17-8-5-9-23-19(17)25-12-2-1-3-13-25)24-16-7-4-6-15(14-16)18-21-10-11-22-18/h4-11,14H,1-3,12-13H2,(H,21,22)(H,24,26). The van der Waals surface area contributed by atoms with Crippen molar-refractivity contribution in [2.75, 3.05) is 23.3 Å². The number of piperidine rings is 1. The fourth-order valence-electron chi connectivity index (χ4n) is 3.30. The summed E-state index contributed by atoms with van der Waals surface area (Å²) in [6, 6.07) is 11.3. The fraction of sp³-hybridized carbons (Fsp3) is 0.250. The van der Waals surface area contributed by atoms with E-state index in [0.717, 1.165) is 48.8 Å². The molecule has 1 aliphatic rings. The van der Waals surface area contributed by atoms with Crippen molar-refractivity contribution in [3.05, 3.63) is 60.6 Å². The molecule has 1 aliphatic heterocycles. The van der Waals surface area contributed by atoms with E-state index in [9.17, 15) is 4.79 Å². The van der Waals surface area contributed by atoms with Crippen LogP contribution in [0.5, 0.6) is 0 Å². The zero-order chi connectivity index (χ0) is 17.8. The molecule has 3 aromatic rings. The van der Waals surface area contributed by atoms with Crippen LogP contribution in [-0.4, -0.2) is 33.9 Å². The van der Waals surface area contributed by atoms with Crippen LogP contribution in [0.2, 0.25) is 0 Å². The monoisotopic (exact) mass is 347 g/mol. The Hall–Kier alpha value is -3.15. The molecule has 26 heavy (non-hydrogen) atoms. The Bertz CT molecular complexity index is 885. The molecule has 0 atom stereocenters. The van der Waals surface area contributed by atoms with Gasteiger partial charge >= 0.3 is 0 Å². The Balaban J connectivity index is 1.56. The molecule has 4 rings (SSSR count). The Labute approximate surface area is 152 Å². The summed E-state index contributed by atoms with van der Waals surface area (Å²) in [5.41, 5.74) is 2.27. The molecule has 0 aliphatic carbocycles. The second-order valence-corrected chi connectivity index (χ2v) is 6.39. The average molecular weight is 347 g/mol. The number of anilines is 2. The van der Waals surface area contributed by atoms with Gasteiger partial charge in [0.1, 0.15) is 11.6 Å². The maximum atomic E-state index is 12.9. The molecule has 2 aromatic heterocycles. The van der Waals surface area contributed by atoms with Crippen molar-refractivity contribution >= 4 is 17.4 Å². The number of nitrogens with one attached hydrogen (secondary N) is 2. The lowest BCUT2D eigenvalue weighted by Crippen LogP contribution is -2.32. The fourth-order valence-corrected chi connectivity index (χ4v) is 3.30. The van der Waals surface area contributed by atoms with E-state index in [4.69, 9.17) is 0 Å². The molecule has 0 saturated carbocycles. The minimum Gasteiger partial charge on any atom is -0.356 e. The van der Waals surface area contributed by atoms with Crippen LogP contribution >= 0.6 is 0 Å². The summed E-state index contributed by atoms with van der Waals surface area (Å²) in [6.07, 6.45) is 8.76. The van der Waals surface area contributed by atoms with E-state index < -0.39 is 0 Å². The number of nitrogens with zero attached hydrogens (tertiary/aromatic N) is 3. The number of carbonyl (C=O) groups is 1. The Morgan fingerprint density at radius 1 is 1.04 bits per heavy atom. The van der Waals surface area contributed by atoms with Gasteiger partial charge < -0.3 is 15.2 Å². The highest BCUT2D eigenvalue weighted by Gasteiger charge is 2.19. The predicted molar refractivity (Wildman–Crippen MR) is 102 cm³/mol. The van der Waals surface area contributed by atoms with Crippen LogP contribution in [0.15, 0.2) is 55.0 Å². The summed E-state index contributed by atoms with van der Waals surface area (Å²) in [4.78, 5) is 26.9. The minimum atomic E-state index is -0.143. The summed E-state index contributed by atoms with van der Waals surface area (Å²) >= 11 is 0. The quantitative estimate of drug-likeness (QED) is 0.754. The summed E-state index contributed by atoms with van der Waals surface area (Å²) < 4.78 is 0. The molecule has 0 radical (unpaired) electrons. The first-order chi connectivity index (χ1) is 12.8. The first-order valence-electron chi connectivity index (χ1n) is 8.92. The lowest BCUT2D eigenvalue weighted by atomic mass is 10.1. The molecule has 3 heterocycles. The third kappa shape index (κ3) is 3.44. The second kappa shape index (κ2) is 7.39. The van der Waals surface area contributed by atoms with E-state index in [2.05, 4.69) is 25.2 Å². The van der Waals surface area contributed by atoms with E-state index in [0.29, 0.717) is 5.56 Å². The molecule has 0 unspecified atom stereocenters. The lowest BCUT2D eigenvalue weighted by Gasteiger charge is -2.29. The maximum absolute atomic E-state index is 12.9. The van der Waals surface area contributed by atoms with Crippen LogP contribution < -0.4 is 10.2 Å². The molecule has 2 N–H and O–H groups in total. The van der Waals surface area contributed by atoms with Crippen LogP contribution in [-0.2, 0) is 0 Å². The zero-order valence-electron chi connectivity index (χ0n) is 14.5. The smallest absolute Gasteiger partial charge is 0.259 e. The highest BCUT2D eigenvalue weighted by Crippen LogP contribution is 2.24. The van der Waals surface area contributed by atoms with Crippen LogP contribution in [0.25, 0.3) is 11.4 Å². The first kappa shape index (κ1) is 16.3. The normalized spacial score (nSPS) is 14.2. The number of rotatable bonds is 4. The van der Waals surface area contributed by atoms with Gasteiger partial charge in [0, 0.05) is 42.9 Å². The van der Waals surface area contributed by atoms with Crippen molar-refractivity contribution in [2.24, 2.45) is 0 Å². The van der Waals surface area contributed by atoms with E-state index >= 15 is 0 Å². The van der Waals surface area contributed by atoms with Gasteiger partial charge in [0.25, 0.3) is 5.91 Å². The van der Waals surface area contributed by atoms with Crippen LogP contribution in [0.4, 0.5) is 11.5 Å². The van der Waals surface area contributed by atoms with E-state index in [-0.39, 0.29) is 5.91 Å². The third-order valence-electron chi connectivity index (χ3n) is 4.58. The molecular formula is C20H21N5O. The summed E-state index contributed by atoms with van der Waals surface area (Å²) in [6.45, 7) is 1.90. The first-order valence-corrected chi connectivity index (χ1v) is 8.92. The number of carbonyl (C=O) groups excluding carboxylic acids is 1. The molecule has 0 spiro atoms. The molecule has 6 nitrogen and oxygen atoms in total. The molecule has 1 fully saturated rings. The van der Waals surface area contributed by atoms with Crippen LogP contribution in [0.1, 0.15) is 29.6 Å². The molecule has 132 valence electrons. The third-order valence-corrected chi connectivity index (χ3v) is 4.58. The molecule has 6 heteroatoms. The van der Waals surface area contributed by atoms with Gasteiger partial charge in [-0.2, -0.15) is 0 Å². The molecule has 1 aromatic carbocycles. The van der Waals surface area contributed by atoms with Crippen molar-refractivity contribution in [1.82, 2.24) is 15.0 Å². The van der Waals surface area contributed by atoms with Crippen LogP contribution in [0.3, 0.4) is 0 Å². The van der Waals surface area contributed by atoms with Crippen molar-refractivity contribution in [2.45, 2.75) is 19.3 Å². The SMILES string of the molecule is O=C(Nc1cccc(-c2ncc[nH]2)c1)c1cccnc1N1CCCCC1. The van der Waals surface area contributed by atoms with Gasteiger partial charge in [-0.15, -0.1) is 0 Å². The largest absolute Gasteiger partial charge is 0.356 e. The van der Waals surface area contributed by atoms with Crippen molar-refractivity contribution in [3.63, 3.8) is 0 Å². The number of pyridine rings is 1. The Morgan fingerprint density at radius 3 is 2.73 bits per heavy atom. The minimum absolute atomic E-state index is 0.143. The van der Waals surface area contributed by atoms with Gasteiger partial charge in [-0.05, 0) is 43.5 Å². The lowest BCUT2D eigenvalue weighted by molar-refractivity contribution is 0.102. The number of amides is 1. The number of aromatic amines is 1. The molecule has 1 saturated heterocycles. The van der Waals surface area contributed by atoms with Crippen molar-refractivity contribution in [1.29, 1.82) is 0 Å². The number of hydrogen-bond donors (Lipinski definition) is 2. The average Bonchev–Trinajstić information content (AvgIpc) is 3.24. The number of H-pyrrole nitrogens is 1. The summed E-state index contributed by atoms with van der Waals surface area (Å²) in [7, 11) is 0. The molecule has 0 bridgehead atoms. The maximum Gasteiger partial charge on any atom is 0.259 e. The highest BCUT2D eigenvalue weighted by atomic mass is 16.1. The van der Waals surface area contributed by atoms with Crippen molar-refractivity contribution < 1.29 is 4.79 Å². The second-order valence-electron chi connectivity index (χ2n) is 6.39. The predicted octanol–water partition coefficient (Wildman–Crippen LogP) is 3.71. The summed E-state index contributed by atoms with van der Waals surface area (Å²) in [5.74, 6) is 1.40. The van der Waals surface area contributed by atoms with Crippen molar-refractivity contribution in [3.8, 4) is 11.4 Å². The number of aromatic nitrogens is 3. The van der Waals surface area contributed by atoms with Gasteiger partial charge in [-0.25, -0.2) is 9.97 Å². The number of hydrogen-bond acceptors (Lipinski definition) is 4. The number of benzene rings is 1. The zero-order valence-corrected chi connectivity index (χ0v) is 14.5. The molecule has 1 amide bonds. The molecular weight excluding hydrogens is 326 g/mol. The Morgan fingerprint density at radius 2 is 1.92 bits per heavy atom. The topological polar surface area (TPSA) is 73.9 Å². The van der Waals surface area contributed by atoms with Gasteiger partial charge in [0.05, 0.1) is 5.56 Å². The van der Waals surface area contributed by atoms with E-state index in [1.165, 1.54) is 6.42 Å². The van der Waals surface area contributed by atoms with E-state index in [1.807, 2.05) is 36.4 Å². The number of imidazole rings is 1. The highest BCUT2D eigenvalue weighted by molar-refractivity contribution is 6.07. The van der Waals surface area contributed by atoms with Crippen LogP contribution in [0, 0.1) is 0 Å². The van der Waals surface area contributed by atoms with Gasteiger partial charge in [0.2, 0.25) is 0 Å². The van der Waals surface area contributed by atoms with E-state index in [1.54, 1.807) is 18.6 Å². The van der Waals surface area contributed by atoms with Gasteiger partial charge in [-0.3, -0.25) is 4.79 Å². The summed E-state index contributed by atoms with van der Waals surface area (Å²) in [5, 5.41) is 2.99. The van der Waals surface area contributed by atoms with Gasteiger partial charge in [0.15, 0.2) is 0 Å². The van der Waals surface area contributed by atoms with Gasteiger partial charge in [-0.1, -0.05) is 12.1 Å². The Kier molecular flexibility index (Phi) is 4.64.